The Kier molecular flexibility index (Phi) is 5.31. The Morgan fingerprint density at radius 2 is 2.00 bits per heavy atom. The van der Waals surface area contributed by atoms with Crippen LogP contribution in [0, 0.1) is 0 Å². The van der Waals surface area contributed by atoms with E-state index in [0.29, 0.717) is 6.54 Å². The van der Waals surface area contributed by atoms with Gasteiger partial charge in [-0.15, -0.1) is 0 Å². The van der Waals surface area contributed by atoms with Crippen LogP contribution in [0.5, 0.6) is 0 Å². The van der Waals surface area contributed by atoms with Crippen molar-refractivity contribution in [2.75, 3.05) is 44.2 Å². The summed E-state index contributed by atoms with van der Waals surface area (Å²) in [5.74, 6) is -0.0829. The molecule has 20 heavy (non-hydrogen) atoms. The van der Waals surface area contributed by atoms with E-state index in [2.05, 4.69) is 20.1 Å². The van der Waals surface area contributed by atoms with Crippen molar-refractivity contribution < 1.29 is 4.79 Å². The van der Waals surface area contributed by atoms with Gasteiger partial charge in [0.05, 0.1) is 6.04 Å². The molecule has 0 aliphatic carbocycles. The lowest BCUT2D eigenvalue weighted by Gasteiger charge is -2.36. The highest BCUT2D eigenvalue weighted by Gasteiger charge is 2.17. The Morgan fingerprint density at radius 1 is 1.35 bits per heavy atom. The molecule has 1 amide bonds. The average molecular weight is 277 g/mol. The second kappa shape index (κ2) is 7.21. The van der Waals surface area contributed by atoms with Crippen LogP contribution in [-0.4, -0.2) is 61.1 Å². The maximum atomic E-state index is 11.4. The van der Waals surface area contributed by atoms with E-state index < -0.39 is 6.04 Å². The molecule has 1 aromatic rings. The van der Waals surface area contributed by atoms with Gasteiger partial charge in [0.25, 0.3) is 0 Å². The molecule has 6 heteroatoms. The fraction of sp³-hybridized carbons (Fsp3) is 0.571. The number of piperazine rings is 1. The Hall–Kier alpha value is -1.66. The van der Waals surface area contributed by atoms with E-state index in [1.807, 2.05) is 24.5 Å². The third-order valence-electron chi connectivity index (χ3n) is 3.54. The summed E-state index contributed by atoms with van der Waals surface area (Å²) < 4.78 is 0. The van der Waals surface area contributed by atoms with Crippen molar-refractivity contribution in [1.82, 2.24) is 15.2 Å². The topological polar surface area (TPSA) is 74.5 Å². The van der Waals surface area contributed by atoms with E-state index in [9.17, 15) is 4.79 Å². The van der Waals surface area contributed by atoms with E-state index in [0.717, 1.165) is 32.7 Å². The minimum Gasteiger partial charge on any atom is -0.369 e. The average Bonchev–Trinajstić information content (AvgIpc) is 2.48. The minimum atomic E-state index is -0.432. The van der Waals surface area contributed by atoms with Gasteiger partial charge in [-0.1, -0.05) is 0 Å². The van der Waals surface area contributed by atoms with Gasteiger partial charge in [-0.05, 0) is 19.1 Å². The van der Waals surface area contributed by atoms with Crippen LogP contribution in [0.4, 0.5) is 5.69 Å². The monoisotopic (exact) mass is 277 g/mol. The first kappa shape index (κ1) is 14.7. The molecule has 1 aliphatic rings. The molecule has 2 rings (SSSR count). The first-order valence-corrected chi connectivity index (χ1v) is 7.07. The van der Waals surface area contributed by atoms with Crippen molar-refractivity contribution in [3.05, 3.63) is 24.5 Å². The maximum absolute atomic E-state index is 11.4. The number of hydrogen-bond donors (Lipinski definition) is 2. The van der Waals surface area contributed by atoms with Crippen molar-refractivity contribution in [2.45, 2.75) is 13.0 Å². The minimum absolute atomic E-state index is 0.0829. The Labute approximate surface area is 120 Å². The van der Waals surface area contributed by atoms with Crippen molar-refractivity contribution in [3.8, 4) is 0 Å². The van der Waals surface area contributed by atoms with Crippen LogP contribution in [0.3, 0.4) is 0 Å². The zero-order chi connectivity index (χ0) is 14.4. The Bertz CT molecular complexity index is 415. The van der Waals surface area contributed by atoms with E-state index in [4.69, 9.17) is 5.73 Å². The number of aromatic nitrogens is 1. The molecule has 0 saturated carbocycles. The summed E-state index contributed by atoms with van der Waals surface area (Å²) in [6.45, 7) is 7.27. The first-order chi connectivity index (χ1) is 9.66. The zero-order valence-corrected chi connectivity index (χ0v) is 12.0. The number of nitrogens with one attached hydrogen (secondary N) is 1. The fourth-order valence-corrected chi connectivity index (χ4v) is 2.28. The quantitative estimate of drug-likeness (QED) is 0.771. The van der Waals surface area contributed by atoms with Gasteiger partial charge in [-0.3, -0.25) is 14.7 Å². The predicted molar refractivity (Wildman–Crippen MR) is 79.5 cm³/mol. The lowest BCUT2D eigenvalue weighted by Crippen LogP contribution is -2.49. The standard InChI is InChI=1S/C14H23N5O/c1-12(15)14(20)17-6-7-18-8-10-19(11-9-18)13-2-4-16-5-3-13/h2-5,12H,6-11,15H2,1H3,(H,17,20)/t12-/m0/s1. The van der Waals surface area contributed by atoms with Crippen LogP contribution >= 0.6 is 0 Å². The number of hydrogen-bond acceptors (Lipinski definition) is 5. The number of carbonyl (C=O) groups is 1. The molecule has 1 aromatic heterocycles. The smallest absolute Gasteiger partial charge is 0.236 e. The van der Waals surface area contributed by atoms with Crippen molar-refractivity contribution in [3.63, 3.8) is 0 Å². The fourth-order valence-electron chi connectivity index (χ4n) is 2.28. The van der Waals surface area contributed by atoms with E-state index in [-0.39, 0.29) is 5.91 Å². The molecular weight excluding hydrogens is 254 g/mol. The Balaban J connectivity index is 1.68. The van der Waals surface area contributed by atoms with E-state index in [1.165, 1.54) is 5.69 Å². The number of rotatable bonds is 5. The van der Waals surface area contributed by atoms with Crippen LogP contribution in [0.15, 0.2) is 24.5 Å². The van der Waals surface area contributed by atoms with Gasteiger partial charge in [0.15, 0.2) is 0 Å². The molecule has 110 valence electrons. The number of anilines is 1. The highest BCUT2D eigenvalue weighted by atomic mass is 16.2. The molecule has 1 saturated heterocycles. The third-order valence-corrected chi connectivity index (χ3v) is 3.54. The van der Waals surface area contributed by atoms with Gasteiger partial charge in [0.1, 0.15) is 0 Å². The number of nitrogens with two attached hydrogens (primary N) is 1. The first-order valence-electron chi connectivity index (χ1n) is 7.07. The van der Waals surface area contributed by atoms with E-state index in [1.54, 1.807) is 6.92 Å². The summed E-state index contributed by atoms with van der Waals surface area (Å²) in [7, 11) is 0. The van der Waals surface area contributed by atoms with Crippen LogP contribution < -0.4 is 16.0 Å². The third kappa shape index (κ3) is 4.18. The van der Waals surface area contributed by atoms with Crippen LogP contribution in [0.25, 0.3) is 0 Å². The van der Waals surface area contributed by atoms with Gasteiger partial charge in [0.2, 0.25) is 5.91 Å². The van der Waals surface area contributed by atoms with E-state index >= 15 is 0 Å². The van der Waals surface area contributed by atoms with Crippen molar-refractivity contribution in [1.29, 1.82) is 0 Å². The molecule has 3 N–H and O–H groups in total. The predicted octanol–water partition coefficient (Wildman–Crippen LogP) is -0.333. The van der Waals surface area contributed by atoms with Gasteiger partial charge >= 0.3 is 0 Å². The SMILES string of the molecule is C[C@H](N)C(=O)NCCN1CCN(c2ccncc2)CC1. The molecule has 1 atom stereocenters. The number of nitrogens with zero attached hydrogens (tertiary/aromatic N) is 3. The molecule has 0 spiro atoms. The number of amides is 1. The summed E-state index contributed by atoms with van der Waals surface area (Å²) in [6.07, 6.45) is 3.65. The zero-order valence-electron chi connectivity index (χ0n) is 12.0. The summed E-state index contributed by atoms with van der Waals surface area (Å²) in [5, 5.41) is 2.84. The van der Waals surface area contributed by atoms with Crippen molar-refractivity contribution in [2.24, 2.45) is 5.73 Å². The normalized spacial score (nSPS) is 17.8. The molecule has 1 fully saturated rings. The van der Waals surface area contributed by atoms with Gasteiger partial charge in [-0.25, -0.2) is 0 Å². The van der Waals surface area contributed by atoms with Crippen molar-refractivity contribution >= 4 is 11.6 Å². The summed E-state index contributed by atoms with van der Waals surface area (Å²) >= 11 is 0. The molecule has 0 unspecified atom stereocenters. The van der Waals surface area contributed by atoms with Crippen LogP contribution in [-0.2, 0) is 4.79 Å². The molecule has 0 aromatic carbocycles. The highest BCUT2D eigenvalue weighted by molar-refractivity contribution is 5.80. The highest BCUT2D eigenvalue weighted by Crippen LogP contribution is 2.14. The number of pyridine rings is 1. The Morgan fingerprint density at radius 3 is 2.60 bits per heavy atom. The molecular formula is C14H23N5O. The van der Waals surface area contributed by atoms with Crippen LogP contribution in [0.1, 0.15) is 6.92 Å². The molecule has 2 heterocycles. The van der Waals surface area contributed by atoms with Gasteiger partial charge in [0, 0.05) is 57.3 Å². The summed E-state index contributed by atoms with van der Waals surface area (Å²) in [6, 6.07) is 3.65. The largest absolute Gasteiger partial charge is 0.369 e. The second-order valence-corrected chi connectivity index (χ2v) is 5.11. The number of carbonyl (C=O) groups excluding carboxylic acids is 1. The maximum Gasteiger partial charge on any atom is 0.236 e. The second-order valence-electron chi connectivity index (χ2n) is 5.11. The lowest BCUT2D eigenvalue weighted by atomic mass is 10.2. The molecule has 1 aliphatic heterocycles. The molecule has 0 bridgehead atoms. The lowest BCUT2D eigenvalue weighted by molar-refractivity contribution is -0.122. The summed E-state index contributed by atoms with van der Waals surface area (Å²) in [4.78, 5) is 20.1. The van der Waals surface area contributed by atoms with Crippen LogP contribution in [0.2, 0.25) is 0 Å². The molecule has 0 radical (unpaired) electrons. The van der Waals surface area contributed by atoms with Gasteiger partial charge in [-0.2, -0.15) is 0 Å². The van der Waals surface area contributed by atoms with Gasteiger partial charge < -0.3 is 16.0 Å². The molecule has 6 nitrogen and oxygen atoms in total. The summed E-state index contributed by atoms with van der Waals surface area (Å²) in [5.41, 5.74) is 6.73.